The van der Waals surface area contributed by atoms with Crippen molar-refractivity contribution in [2.45, 2.75) is 31.8 Å². The van der Waals surface area contributed by atoms with Crippen LogP contribution < -0.4 is 0 Å². The summed E-state index contributed by atoms with van der Waals surface area (Å²) in [5.41, 5.74) is 3.71. The Morgan fingerprint density at radius 2 is 1.88 bits per heavy atom. The minimum atomic E-state index is 0.156. The molecule has 2 aliphatic heterocycles. The summed E-state index contributed by atoms with van der Waals surface area (Å²) in [5.74, 6) is 0.156. The molecule has 2 aliphatic rings. The van der Waals surface area contributed by atoms with Crippen LogP contribution >= 0.6 is 15.9 Å². The summed E-state index contributed by atoms with van der Waals surface area (Å²) < 4.78 is 0.958. The van der Waals surface area contributed by atoms with Crippen molar-refractivity contribution in [3.05, 3.63) is 69.7 Å². The Morgan fingerprint density at radius 1 is 1.04 bits per heavy atom. The number of fused-ring (bicyclic) bond motifs is 1. The number of halogens is 1. The van der Waals surface area contributed by atoms with E-state index in [1.165, 1.54) is 17.5 Å². The summed E-state index contributed by atoms with van der Waals surface area (Å²) in [6, 6.07) is 16.9. The van der Waals surface area contributed by atoms with Crippen LogP contribution in [0.3, 0.4) is 0 Å². The Hall–Kier alpha value is -1.65. The number of hydrogen-bond donors (Lipinski definition) is 0. The second kappa shape index (κ2) is 7.30. The van der Waals surface area contributed by atoms with E-state index in [0.29, 0.717) is 6.04 Å². The highest BCUT2D eigenvalue weighted by Crippen LogP contribution is 2.25. The number of hydrogen-bond acceptors (Lipinski definition) is 2. The maximum atomic E-state index is 12.9. The monoisotopic (exact) mass is 398 g/mol. The lowest BCUT2D eigenvalue weighted by Gasteiger charge is -2.41. The van der Waals surface area contributed by atoms with Crippen LogP contribution in [-0.2, 0) is 13.0 Å². The van der Waals surface area contributed by atoms with E-state index in [0.717, 1.165) is 49.1 Å². The first-order valence-corrected chi connectivity index (χ1v) is 9.86. The minimum Gasteiger partial charge on any atom is -0.337 e. The molecule has 2 heterocycles. The molecule has 2 aromatic rings. The molecule has 2 aromatic carbocycles. The maximum Gasteiger partial charge on any atom is 0.253 e. The van der Waals surface area contributed by atoms with Crippen LogP contribution in [-0.4, -0.2) is 41.4 Å². The number of benzene rings is 2. The van der Waals surface area contributed by atoms with Crippen molar-refractivity contribution in [1.82, 2.24) is 9.80 Å². The standard InChI is InChI=1S/C21H23BrN2O/c22-19-8-3-7-17(13-19)21(25)24-11-4-9-20(15-24)23-12-10-16-5-1-2-6-18(16)14-23/h1-3,5-8,13,20H,4,9-12,14-15H2/t20-/m0/s1. The summed E-state index contributed by atoms with van der Waals surface area (Å²) in [7, 11) is 0. The summed E-state index contributed by atoms with van der Waals surface area (Å²) in [6.07, 6.45) is 3.39. The molecule has 0 unspecified atom stereocenters. The molecule has 4 heteroatoms. The molecule has 0 radical (unpaired) electrons. The molecule has 1 atom stereocenters. The highest BCUT2D eigenvalue weighted by molar-refractivity contribution is 9.10. The van der Waals surface area contributed by atoms with Crippen molar-refractivity contribution in [2.24, 2.45) is 0 Å². The van der Waals surface area contributed by atoms with E-state index < -0.39 is 0 Å². The number of piperidine rings is 1. The average molecular weight is 399 g/mol. The van der Waals surface area contributed by atoms with E-state index in [1.54, 1.807) is 0 Å². The van der Waals surface area contributed by atoms with E-state index in [4.69, 9.17) is 0 Å². The third-order valence-corrected chi connectivity index (χ3v) is 5.93. The van der Waals surface area contributed by atoms with Crippen molar-refractivity contribution in [2.75, 3.05) is 19.6 Å². The minimum absolute atomic E-state index is 0.156. The molecule has 0 aliphatic carbocycles. The molecule has 3 nitrogen and oxygen atoms in total. The predicted octanol–water partition coefficient (Wildman–Crippen LogP) is 4.11. The van der Waals surface area contributed by atoms with Gasteiger partial charge in [0.1, 0.15) is 0 Å². The first-order chi connectivity index (χ1) is 12.2. The van der Waals surface area contributed by atoms with Crippen LogP contribution in [0.4, 0.5) is 0 Å². The van der Waals surface area contributed by atoms with Gasteiger partial charge in [-0.3, -0.25) is 9.69 Å². The van der Waals surface area contributed by atoms with Gasteiger partial charge in [-0.2, -0.15) is 0 Å². The van der Waals surface area contributed by atoms with Gasteiger partial charge in [-0.25, -0.2) is 0 Å². The van der Waals surface area contributed by atoms with E-state index in [-0.39, 0.29) is 5.91 Å². The molecule has 130 valence electrons. The van der Waals surface area contributed by atoms with E-state index in [9.17, 15) is 4.79 Å². The SMILES string of the molecule is O=C(c1cccc(Br)c1)N1CCC[C@H](N2CCc3ccccc3C2)C1. The lowest BCUT2D eigenvalue weighted by Crippen LogP contribution is -2.51. The number of carbonyl (C=O) groups excluding carboxylic acids is 1. The van der Waals surface area contributed by atoms with E-state index in [1.807, 2.05) is 29.2 Å². The van der Waals surface area contributed by atoms with Crippen LogP contribution in [0.5, 0.6) is 0 Å². The zero-order chi connectivity index (χ0) is 17.2. The fourth-order valence-corrected chi connectivity index (χ4v) is 4.47. The summed E-state index contributed by atoms with van der Waals surface area (Å²) >= 11 is 3.47. The van der Waals surface area contributed by atoms with Crippen LogP contribution in [0, 0.1) is 0 Å². The van der Waals surface area contributed by atoms with Crippen molar-refractivity contribution in [1.29, 1.82) is 0 Å². The lowest BCUT2D eigenvalue weighted by atomic mass is 9.96. The van der Waals surface area contributed by atoms with Gasteiger partial charge in [0.25, 0.3) is 5.91 Å². The van der Waals surface area contributed by atoms with Crippen LogP contribution in [0.15, 0.2) is 53.0 Å². The highest BCUT2D eigenvalue weighted by atomic mass is 79.9. The smallest absolute Gasteiger partial charge is 0.253 e. The number of rotatable bonds is 2. The van der Waals surface area contributed by atoms with Gasteiger partial charge in [0.05, 0.1) is 0 Å². The Labute approximate surface area is 157 Å². The van der Waals surface area contributed by atoms with Crippen LogP contribution in [0.25, 0.3) is 0 Å². The van der Waals surface area contributed by atoms with Crippen molar-refractivity contribution < 1.29 is 4.79 Å². The molecule has 0 N–H and O–H groups in total. The first-order valence-electron chi connectivity index (χ1n) is 9.06. The third-order valence-electron chi connectivity index (χ3n) is 5.43. The van der Waals surface area contributed by atoms with Gasteiger partial charge in [-0.1, -0.05) is 46.3 Å². The van der Waals surface area contributed by atoms with Gasteiger partial charge in [0.15, 0.2) is 0 Å². The Kier molecular flexibility index (Phi) is 4.91. The van der Waals surface area contributed by atoms with Gasteiger partial charge < -0.3 is 4.90 Å². The Bertz CT molecular complexity index is 776. The summed E-state index contributed by atoms with van der Waals surface area (Å²) in [5, 5.41) is 0. The number of carbonyl (C=O) groups is 1. The lowest BCUT2D eigenvalue weighted by molar-refractivity contribution is 0.0549. The first kappa shape index (κ1) is 16.8. The van der Waals surface area contributed by atoms with Gasteiger partial charge >= 0.3 is 0 Å². The molecule has 1 amide bonds. The molecule has 0 spiro atoms. The van der Waals surface area contributed by atoms with E-state index >= 15 is 0 Å². The molecular weight excluding hydrogens is 376 g/mol. The molecule has 0 aromatic heterocycles. The molecule has 25 heavy (non-hydrogen) atoms. The Morgan fingerprint density at radius 3 is 2.72 bits per heavy atom. The van der Waals surface area contributed by atoms with Crippen LogP contribution in [0.2, 0.25) is 0 Å². The third kappa shape index (κ3) is 3.65. The average Bonchev–Trinajstić information content (AvgIpc) is 2.67. The quantitative estimate of drug-likeness (QED) is 0.759. The van der Waals surface area contributed by atoms with Gasteiger partial charge in [-0.15, -0.1) is 0 Å². The largest absolute Gasteiger partial charge is 0.337 e. The molecule has 1 saturated heterocycles. The van der Waals surface area contributed by atoms with E-state index in [2.05, 4.69) is 45.1 Å². The summed E-state index contributed by atoms with van der Waals surface area (Å²) in [4.78, 5) is 17.5. The maximum absolute atomic E-state index is 12.9. The molecule has 0 saturated carbocycles. The highest BCUT2D eigenvalue weighted by Gasteiger charge is 2.30. The molecule has 0 bridgehead atoms. The summed E-state index contributed by atoms with van der Waals surface area (Å²) in [6.45, 7) is 3.82. The predicted molar refractivity (Wildman–Crippen MR) is 104 cm³/mol. The second-order valence-corrected chi connectivity index (χ2v) is 7.96. The fraction of sp³-hybridized carbons (Fsp3) is 0.381. The van der Waals surface area contributed by atoms with Crippen molar-refractivity contribution in [3.8, 4) is 0 Å². The number of amides is 1. The van der Waals surface area contributed by atoms with Crippen molar-refractivity contribution >= 4 is 21.8 Å². The topological polar surface area (TPSA) is 23.6 Å². The van der Waals surface area contributed by atoms with Crippen LogP contribution in [0.1, 0.15) is 34.3 Å². The zero-order valence-electron chi connectivity index (χ0n) is 14.3. The fourth-order valence-electron chi connectivity index (χ4n) is 4.07. The normalized spacial score (nSPS) is 21.0. The number of likely N-dealkylation sites (tertiary alicyclic amines) is 1. The second-order valence-electron chi connectivity index (χ2n) is 7.05. The van der Waals surface area contributed by atoms with Crippen molar-refractivity contribution in [3.63, 3.8) is 0 Å². The number of nitrogens with zero attached hydrogens (tertiary/aromatic N) is 2. The Balaban J connectivity index is 1.46. The van der Waals surface area contributed by atoms with Gasteiger partial charge in [0.2, 0.25) is 0 Å². The zero-order valence-corrected chi connectivity index (χ0v) is 15.9. The van der Waals surface area contributed by atoms with Gasteiger partial charge in [-0.05, 0) is 48.6 Å². The molecule has 1 fully saturated rings. The molecule has 4 rings (SSSR count). The van der Waals surface area contributed by atoms with Gasteiger partial charge in [0, 0.05) is 42.3 Å². The molecular formula is C21H23BrN2O.